The van der Waals surface area contributed by atoms with E-state index in [0.29, 0.717) is 17.2 Å². The van der Waals surface area contributed by atoms with Gasteiger partial charge in [-0.2, -0.15) is 0 Å². The van der Waals surface area contributed by atoms with Crippen molar-refractivity contribution in [3.05, 3.63) is 47.5 Å². The molecule has 3 rings (SSSR count). The molecule has 0 unspecified atom stereocenters. The van der Waals surface area contributed by atoms with Crippen LogP contribution in [0, 0.1) is 0 Å². The van der Waals surface area contributed by atoms with Crippen LogP contribution in [0.2, 0.25) is 0 Å². The molecule has 0 amide bonds. The Labute approximate surface area is 120 Å². The number of carbonyl (C=O) groups excluding carboxylic acids is 1. The molecule has 2 aromatic carbocycles. The first-order valence-electron chi connectivity index (χ1n) is 6.18. The summed E-state index contributed by atoms with van der Waals surface area (Å²) in [5, 5.41) is 10.7. The topological polar surface area (TPSA) is 97.0 Å². The van der Waals surface area contributed by atoms with Crippen molar-refractivity contribution in [2.24, 2.45) is 4.99 Å². The van der Waals surface area contributed by atoms with Gasteiger partial charge in [0.05, 0.1) is 17.3 Å². The molecule has 0 spiro atoms. The zero-order chi connectivity index (χ0) is 14.8. The summed E-state index contributed by atoms with van der Waals surface area (Å²) in [6.45, 7) is 0.216. The summed E-state index contributed by atoms with van der Waals surface area (Å²) in [6, 6.07) is 9.69. The van der Waals surface area contributed by atoms with Crippen LogP contribution in [0.4, 0.5) is 11.4 Å². The van der Waals surface area contributed by atoms with Crippen LogP contribution in [0.1, 0.15) is 15.9 Å². The highest BCUT2D eigenvalue weighted by molar-refractivity contribution is 5.90. The number of hydrogen-bond donors (Lipinski definition) is 1. The third-order valence-corrected chi connectivity index (χ3v) is 3.01. The van der Waals surface area contributed by atoms with Crippen molar-refractivity contribution in [1.29, 1.82) is 0 Å². The Morgan fingerprint density at radius 1 is 1.19 bits per heavy atom. The molecular weight excluding hydrogens is 272 g/mol. The summed E-state index contributed by atoms with van der Waals surface area (Å²) >= 11 is 0. The highest BCUT2D eigenvalue weighted by Crippen LogP contribution is 2.32. The fraction of sp³-hybridized carbons (Fsp3) is 0.0667. The molecule has 0 fully saturated rings. The minimum Gasteiger partial charge on any atom is -0.545 e. The largest absolute Gasteiger partial charge is 0.545 e. The van der Waals surface area contributed by atoms with E-state index in [0.717, 1.165) is 5.56 Å². The molecule has 0 saturated carbocycles. The average Bonchev–Trinajstić information content (AvgIpc) is 2.93. The summed E-state index contributed by atoms with van der Waals surface area (Å²) < 4.78 is 10.5. The van der Waals surface area contributed by atoms with E-state index < -0.39 is 5.97 Å². The Hall–Kier alpha value is -3.02. The molecule has 1 aliphatic heterocycles. The van der Waals surface area contributed by atoms with Gasteiger partial charge in [-0.3, -0.25) is 4.99 Å². The van der Waals surface area contributed by atoms with E-state index >= 15 is 0 Å². The third kappa shape index (κ3) is 2.64. The van der Waals surface area contributed by atoms with Crippen molar-refractivity contribution in [2.45, 2.75) is 0 Å². The number of aromatic carboxylic acids is 1. The minimum absolute atomic E-state index is 0.0227. The number of carboxylic acids is 1. The molecule has 2 aromatic rings. The van der Waals surface area contributed by atoms with Gasteiger partial charge in [0.2, 0.25) is 6.79 Å². The average molecular weight is 283 g/mol. The molecule has 0 aromatic heterocycles. The Balaban J connectivity index is 1.84. The Bertz CT molecular complexity index is 740. The number of rotatable bonds is 3. The highest BCUT2D eigenvalue weighted by Gasteiger charge is 2.12. The van der Waals surface area contributed by atoms with Crippen LogP contribution in [0.25, 0.3) is 0 Å². The van der Waals surface area contributed by atoms with Crippen LogP contribution in [0.5, 0.6) is 11.5 Å². The molecule has 2 N–H and O–H groups in total. The van der Waals surface area contributed by atoms with Gasteiger partial charge in [-0.1, -0.05) is 6.07 Å². The number of nitrogens with two attached hydrogens (primary N) is 1. The lowest BCUT2D eigenvalue weighted by Crippen LogP contribution is -2.22. The Morgan fingerprint density at radius 3 is 2.76 bits per heavy atom. The lowest BCUT2D eigenvalue weighted by molar-refractivity contribution is -0.255. The number of ether oxygens (including phenoxy) is 2. The minimum atomic E-state index is -1.27. The van der Waals surface area contributed by atoms with E-state index in [-0.39, 0.29) is 18.0 Å². The predicted molar refractivity (Wildman–Crippen MR) is 75.0 cm³/mol. The molecule has 0 saturated heterocycles. The van der Waals surface area contributed by atoms with Crippen LogP contribution in [-0.2, 0) is 0 Å². The van der Waals surface area contributed by atoms with E-state index in [1.807, 2.05) is 6.07 Å². The number of nitrogen functional groups attached to an aromatic ring is 1. The Morgan fingerprint density at radius 2 is 2.00 bits per heavy atom. The van der Waals surface area contributed by atoms with Gasteiger partial charge < -0.3 is 25.1 Å². The molecule has 1 heterocycles. The lowest BCUT2D eigenvalue weighted by atomic mass is 10.1. The van der Waals surface area contributed by atoms with Crippen molar-refractivity contribution in [3.63, 3.8) is 0 Å². The summed E-state index contributed by atoms with van der Waals surface area (Å²) in [5.41, 5.74) is 7.36. The number of carbonyl (C=O) groups is 1. The zero-order valence-corrected chi connectivity index (χ0v) is 10.9. The molecule has 106 valence electrons. The molecule has 1 aliphatic rings. The van der Waals surface area contributed by atoms with Crippen molar-refractivity contribution < 1.29 is 19.4 Å². The van der Waals surface area contributed by atoms with Crippen molar-refractivity contribution in [1.82, 2.24) is 0 Å². The van der Waals surface area contributed by atoms with Gasteiger partial charge in [0.15, 0.2) is 11.5 Å². The number of anilines is 1. The number of carboxylic acid groups (broad SMARTS) is 1. The molecule has 6 nitrogen and oxygen atoms in total. The van der Waals surface area contributed by atoms with Crippen LogP contribution >= 0.6 is 0 Å². The molecule has 6 heteroatoms. The standard InChI is InChI=1S/C15H12N2O4/c16-11-6-10(15(18)19)2-3-12(11)17-7-9-1-4-13-14(5-9)21-8-20-13/h1-7H,8,16H2,(H,18,19)/p-1. The highest BCUT2D eigenvalue weighted by atomic mass is 16.7. The second-order valence-electron chi connectivity index (χ2n) is 4.43. The summed E-state index contributed by atoms with van der Waals surface area (Å²) in [6.07, 6.45) is 1.62. The van der Waals surface area contributed by atoms with Gasteiger partial charge in [-0.15, -0.1) is 0 Å². The molecule has 21 heavy (non-hydrogen) atoms. The van der Waals surface area contributed by atoms with E-state index in [4.69, 9.17) is 15.2 Å². The monoisotopic (exact) mass is 283 g/mol. The molecule has 0 radical (unpaired) electrons. The second kappa shape index (κ2) is 5.16. The van der Waals surface area contributed by atoms with Gasteiger partial charge in [-0.25, -0.2) is 0 Å². The van der Waals surface area contributed by atoms with Crippen LogP contribution in [0.15, 0.2) is 41.4 Å². The summed E-state index contributed by atoms with van der Waals surface area (Å²) in [7, 11) is 0. The van der Waals surface area contributed by atoms with Gasteiger partial charge >= 0.3 is 0 Å². The quantitative estimate of drug-likeness (QED) is 0.672. The van der Waals surface area contributed by atoms with Crippen molar-refractivity contribution >= 4 is 23.6 Å². The second-order valence-corrected chi connectivity index (χ2v) is 4.43. The van der Waals surface area contributed by atoms with Crippen molar-refractivity contribution in [2.75, 3.05) is 12.5 Å². The number of hydrogen-bond acceptors (Lipinski definition) is 6. The number of nitrogens with zero attached hydrogens (tertiary/aromatic N) is 1. The lowest BCUT2D eigenvalue weighted by Gasteiger charge is -2.05. The SMILES string of the molecule is Nc1cc(C(=O)[O-])ccc1N=Cc1ccc2c(c1)OCO2. The summed E-state index contributed by atoms with van der Waals surface area (Å²) in [4.78, 5) is 15.0. The maximum atomic E-state index is 10.7. The van der Waals surface area contributed by atoms with Crippen LogP contribution in [-0.4, -0.2) is 19.0 Å². The molecule has 0 bridgehead atoms. The summed E-state index contributed by atoms with van der Waals surface area (Å²) in [5.74, 6) is 0.0946. The third-order valence-electron chi connectivity index (χ3n) is 3.01. The molecular formula is C15H11N2O4-. The smallest absolute Gasteiger partial charge is 0.231 e. The van der Waals surface area contributed by atoms with Crippen LogP contribution < -0.4 is 20.3 Å². The first-order chi connectivity index (χ1) is 10.1. The fourth-order valence-electron chi connectivity index (χ4n) is 1.94. The van der Waals surface area contributed by atoms with E-state index in [1.165, 1.54) is 18.2 Å². The number of fused-ring (bicyclic) bond motifs is 1. The van der Waals surface area contributed by atoms with Gasteiger partial charge in [0.1, 0.15) is 0 Å². The van der Waals surface area contributed by atoms with E-state index in [1.54, 1.807) is 18.3 Å². The first-order valence-corrected chi connectivity index (χ1v) is 6.18. The van der Waals surface area contributed by atoms with E-state index in [2.05, 4.69) is 4.99 Å². The fourth-order valence-corrected chi connectivity index (χ4v) is 1.94. The predicted octanol–water partition coefficient (Wildman–Crippen LogP) is 1.11. The first kappa shape index (κ1) is 13.0. The van der Waals surface area contributed by atoms with Gasteiger partial charge in [-0.05, 0) is 41.5 Å². The molecule has 0 atom stereocenters. The van der Waals surface area contributed by atoms with Crippen molar-refractivity contribution in [3.8, 4) is 11.5 Å². The van der Waals surface area contributed by atoms with E-state index in [9.17, 15) is 9.90 Å². The molecule has 0 aliphatic carbocycles. The zero-order valence-electron chi connectivity index (χ0n) is 10.9. The van der Waals surface area contributed by atoms with Crippen LogP contribution in [0.3, 0.4) is 0 Å². The number of aliphatic imine (C=N–C) groups is 1. The Kier molecular flexibility index (Phi) is 3.19. The number of benzene rings is 2. The van der Waals surface area contributed by atoms with Gasteiger partial charge in [0.25, 0.3) is 0 Å². The normalized spacial score (nSPS) is 12.8. The maximum absolute atomic E-state index is 10.7. The maximum Gasteiger partial charge on any atom is 0.231 e. The van der Waals surface area contributed by atoms with Gasteiger partial charge in [0, 0.05) is 6.21 Å².